The number of hydrogen-bond acceptors (Lipinski definition) is 5. The lowest BCUT2D eigenvalue weighted by atomic mass is 10.1. The fraction of sp³-hybridized carbons (Fsp3) is 0.0526. The van der Waals surface area contributed by atoms with Gasteiger partial charge >= 0.3 is 0 Å². The molecule has 0 atom stereocenters. The van der Waals surface area contributed by atoms with Crippen molar-refractivity contribution in [2.75, 3.05) is 11.2 Å². The number of benzene rings is 2. The number of aromatic nitrogens is 2. The highest BCUT2D eigenvalue weighted by Gasteiger charge is 2.41. The van der Waals surface area contributed by atoms with E-state index >= 15 is 0 Å². The lowest BCUT2D eigenvalue weighted by molar-refractivity contribution is 0.0924. The third-order valence-corrected chi connectivity index (χ3v) is 5.36. The number of rotatable bonds is 3. The minimum absolute atomic E-state index is 0.162. The lowest BCUT2D eigenvalue weighted by Crippen LogP contribution is -2.32. The number of nitriles is 1. The molecule has 0 aliphatic carbocycles. The van der Waals surface area contributed by atoms with E-state index in [0.717, 1.165) is 4.90 Å². The molecule has 0 spiro atoms. The highest BCUT2D eigenvalue weighted by molar-refractivity contribution is 9.10. The van der Waals surface area contributed by atoms with Gasteiger partial charge in [-0.3, -0.25) is 9.59 Å². The number of halogens is 1. The van der Waals surface area contributed by atoms with Crippen LogP contribution in [0, 0.1) is 11.3 Å². The van der Waals surface area contributed by atoms with Crippen LogP contribution < -0.4 is 4.90 Å². The minimum Gasteiger partial charge on any atom is -0.268 e. The van der Waals surface area contributed by atoms with Crippen LogP contribution in [0.1, 0.15) is 26.3 Å². The van der Waals surface area contributed by atoms with E-state index in [1.807, 2.05) is 18.2 Å². The molecule has 2 heterocycles. The largest absolute Gasteiger partial charge is 0.268 e. The van der Waals surface area contributed by atoms with E-state index in [1.54, 1.807) is 36.6 Å². The van der Waals surface area contributed by atoms with Crippen LogP contribution in [0.15, 0.2) is 58.0 Å². The van der Waals surface area contributed by atoms with Crippen molar-refractivity contribution in [2.45, 2.75) is 5.03 Å². The van der Waals surface area contributed by atoms with Crippen molar-refractivity contribution in [3.8, 4) is 11.8 Å². The van der Waals surface area contributed by atoms with E-state index in [1.165, 1.54) is 16.4 Å². The minimum atomic E-state index is -0.475. The summed E-state index contributed by atoms with van der Waals surface area (Å²) in [5, 5.41) is 14.6. The van der Waals surface area contributed by atoms with Gasteiger partial charge in [0, 0.05) is 4.47 Å². The molecule has 4 rings (SSSR count). The molecule has 27 heavy (non-hydrogen) atoms. The fourth-order valence-corrected chi connectivity index (χ4v) is 3.86. The van der Waals surface area contributed by atoms with Crippen molar-refractivity contribution in [1.29, 1.82) is 5.26 Å². The molecule has 1 aromatic heterocycles. The maximum atomic E-state index is 13.0. The standard InChI is InChI=1S/C19H11BrN4O2S/c1-27-16-15(10-21)17(24(22-16)12-5-3-2-4-6-12)23-18(25)13-8-7-11(20)9-14(13)19(23)26/h2-9H,1H3. The van der Waals surface area contributed by atoms with Gasteiger partial charge in [-0.1, -0.05) is 34.1 Å². The summed E-state index contributed by atoms with van der Waals surface area (Å²) in [6.07, 6.45) is 1.79. The Morgan fingerprint density at radius 2 is 1.78 bits per heavy atom. The first-order valence-corrected chi connectivity index (χ1v) is 9.89. The van der Waals surface area contributed by atoms with Gasteiger partial charge in [0.05, 0.1) is 16.8 Å². The zero-order chi connectivity index (χ0) is 19.1. The molecule has 1 aliphatic rings. The van der Waals surface area contributed by atoms with Gasteiger partial charge in [0.15, 0.2) is 5.82 Å². The third-order valence-electron chi connectivity index (χ3n) is 4.20. The van der Waals surface area contributed by atoms with Crippen LogP contribution >= 0.6 is 27.7 Å². The van der Waals surface area contributed by atoms with Crippen LogP contribution in [-0.2, 0) is 0 Å². The summed E-state index contributed by atoms with van der Waals surface area (Å²) < 4.78 is 2.17. The molecule has 2 amide bonds. The maximum Gasteiger partial charge on any atom is 0.267 e. The summed E-state index contributed by atoms with van der Waals surface area (Å²) in [4.78, 5) is 27.1. The molecule has 6 nitrogen and oxygen atoms in total. The van der Waals surface area contributed by atoms with E-state index in [9.17, 15) is 14.9 Å². The van der Waals surface area contributed by atoms with Gasteiger partial charge in [-0.15, -0.1) is 11.8 Å². The average Bonchev–Trinajstić information content (AvgIpc) is 3.17. The summed E-state index contributed by atoms with van der Waals surface area (Å²) in [6.45, 7) is 0. The first kappa shape index (κ1) is 17.5. The second kappa shape index (κ2) is 6.68. The van der Waals surface area contributed by atoms with Gasteiger partial charge < -0.3 is 0 Å². The van der Waals surface area contributed by atoms with Gasteiger partial charge in [-0.05, 0) is 36.6 Å². The summed E-state index contributed by atoms with van der Waals surface area (Å²) in [7, 11) is 0. The smallest absolute Gasteiger partial charge is 0.267 e. The summed E-state index contributed by atoms with van der Waals surface area (Å²) in [6, 6.07) is 16.1. The molecule has 0 bridgehead atoms. The number of carbonyl (C=O) groups is 2. The first-order chi connectivity index (χ1) is 13.1. The van der Waals surface area contributed by atoms with E-state index in [-0.39, 0.29) is 11.4 Å². The monoisotopic (exact) mass is 438 g/mol. The van der Waals surface area contributed by atoms with Gasteiger partial charge in [0.2, 0.25) is 0 Å². The second-order valence-electron chi connectivity index (χ2n) is 5.70. The highest BCUT2D eigenvalue weighted by atomic mass is 79.9. The number of fused-ring (bicyclic) bond motifs is 1. The molecule has 0 saturated carbocycles. The number of carbonyl (C=O) groups excluding carboxylic acids is 2. The van der Waals surface area contributed by atoms with Crippen LogP contribution in [0.3, 0.4) is 0 Å². The van der Waals surface area contributed by atoms with Gasteiger partial charge in [-0.25, -0.2) is 9.58 Å². The number of thioether (sulfide) groups is 1. The molecule has 132 valence electrons. The Bertz CT molecular complexity index is 1130. The lowest BCUT2D eigenvalue weighted by Gasteiger charge is -2.16. The van der Waals surface area contributed by atoms with Gasteiger partial charge in [-0.2, -0.15) is 10.4 Å². The number of nitrogens with zero attached hydrogens (tertiary/aromatic N) is 4. The first-order valence-electron chi connectivity index (χ1n) is 7.87. The van der Waals surface area contributed by atoms with Crippen molar-refractivity contribution in [1.82, 2.24) is 9.78 Å². The number of para-hydroxylation sites is 1. The Kier molecular flexibility index (Phi) is 4.34. The zero-order valence-electron chi connectivity index (χ0n) is 14.0. The molecule has 0 radical (unpaired) electrons. The van der Waals surface area contributed by atoms with E-state index in [2.05, 4.69) is 27.1 Å². The molecule has 8 heteroatoms. The topological polar surface area (TPSA) is 79.0 Å². The quantitative estimate of drug-likeness (QED) is 0.455. The van der Waals surface area contributed by atoms with Crippen LogP contribution in [0.5, 0.6) is 0 Å². The van der Waals surface area contributed by atoms with Crippen molar-refractivity contribution < 1.29 is 9.59 Å². The maximum absolute atomic E-state index is 13.0. The highest BCUT2D eigenvalue weighted by Crippen LogP contribution is 2.36. The predicted molar refractivity (Wildman–Crippen MR) is 105 cm³/mol. The zero-order valence-corrected chi connectivity index (χ0v) is 16.4. The molecule has 0 fully saturated rings. The predicted octanol–water partition coefficient (Wildman–Crippen LogP) is 4.03. The SMILES string of the molecule is CSc1nn(-c2ccccc2)c(N2C(=O)c3ccc(Br)cc3C2=O)c1C#N. The van der Waals surface area contributed by atoms with Gasteiger partial charge in [0.1, 0.15) is 16.7 Å². The summed E-state index contributed by atoms with van der Waals surface area (Å²) in [5.74, 6) is -0.781. The van der Waals surface area contributed by atoms with Crippen LogP contribution in [0.2, 0.25) is 0 Å². The van der Waals surface area contributed by atoms with Crippen LogP contribution in [-0.4, -0.2) is 27.9 Å². The van der Waals surface area contributed by atoms with E-state index in [4.69, 9.17) is 0 Å². The van der Waals surface area contributed by atoms with Crippen LogP contribution in [0.4, 0.5) is 5.82 Å². The van der Waals surface area contributed by atoms with Crippen molar-refractivity contribution in [3.63, 3.8) is 0 Å². The van der Waals surface area contributed by atoms with Crippen molar-refractivity contribution in [2.24, 2.45) is 0 Å². The fourth-order valence-electron chi connectivity index (χ4n) is 2.99. The number of hydrogen-bond donors (Lipinski definition) is 0. The Balaban J connectivity index is 1.97. The van der Waals surface area contributed by atoms with Crippen LogP contribution in [0.25, 0.3) is 5.69 Å². The van der Waals surface area contributed by atoms with E-state index in [0.29, 0.717) is 26.3 Å². The summed E-state index contributed by atoms with van der Waals surface area (Å²) >= 11 is 4.61. The van der Waals surface area contributed by atoms with Crippen molar-refractivity contribution in [3.05, 3.63) is 69.7 Å². The molecular weight excluding hydrogens is 428 g/mol. The second-order valence-corrected chi connectivity index (χ2v) is 7.41. The van der Waals surface area contributed by atoms with Gasteiger partial charge in [0.25, 0.3) is 11.8 Å². The molecule has 1 aliphatic heterocycles. The molecule has 3 aromatic rings. The normalized spacial score (nSPS) is 13.0. The Morgan fingerprint density at radius 3 is 2.44 bits per heavy atom. The Labute approximate surface area is 167 Å². The molecule has 0 unspecified atom stereocenters. The Hall–Kier alpha value is -2.89. The third kappa shape index (κ3) is 2.67. The Morgan fingerprint density at radius 1 is 1.07 bits per heavy atom. The van der Waals surface area contributed by atoms with E-state index < -0.39 is 11.8 Å². The molecule has 0 N–H and O–H groups in total. The average molecular weight is 439 g/mol. The number of amides is 2. The number of imide groups is 1. The molecule has 2 aromatic carbocycles. The molecule has 0 saturated heterocycles. The number of anilines is 1. The molecular formula is C19H11BrN4O2S. The van der Waals surface area contributed by atoms with Crippen molar-refractivity contribution >= 4 is 45.3 Å². The summed E-state index contributed by atoms with van der Waals surface area (Å²) in [5.41, 5.74) is 1.45.